The zero-order valence-electron chi connectivity index (χ0n) is 38.1. The molecule has 1 rings (SSSR count). The monoisotopic (exact) mass is 945 g/mol. The predicted molar refractivity (Wildman–Crippen MR) is 238 cm³/mol. The minimum Gasteiger partial charge on any atom is -0.462 e. The largest absolute Gasteiger partial charge is 0.472 e. The first kappa shape index (κ1) is 59.5. The molecule has 0 aromatic rings. The summed E-state index contributed by atoms with van der Waals surface area (Å²) in [5, 5.41) is 40.7. The summed E-state index contributed by atoms with van der Waals surface area (Å²) >= 11 is 0. The number of rotatable bonds is 39. The highest BCUT2D eigenvalue weighted by molar-refractivity contribution is 7.47. The molecule has 19 heteroatoms. The fourth-order valence-electron chi connectivity index (χ4n) is 6.93. The lowest BCUT2D eigenvalue weighted by Crippen LogP contribution is -2.43. The van der Waals surface area contributed by atoms with Gasteiger partial charge in [-0.2, -0.15) is 0 Å². The summed E-state index contributed by atoms with van der Waals surface area (Å²) in [6.45, 7) is 3.66. The van der Waals surface area contributed by atoms with Crippen LogP contribution in [0.4, 0.5) is 0 Å². The molecule has 0 aromatic heterocycles. The average molecular weight is 945 g/mol. The van der Waals surface area contributed by atoms with Crippen LogP contribution in [0.15, 0.2) is 24.3 Å². The van der Waals surface area contributed by atoms with Crippen molar-refractivity contribution in [3.8, 4) is 0 Å². The number of phosphoric acid groups is 2. The molecular weight excluding hydrogens is 862 g/mol. The average Bonchev–Trinajstić information content (AvgIpc) is 3.21. The van der Waals surface area contributed by atoms with Crippen LogP contribution in [0.25, 0.3) is 0 Å². The number of carbonyl (C=O) groups excluding carboxylic acids is 2. The minimum atomic E-state index is -4.90. The van der Waals surface area contributed by atoms with Gasteiger partial charge in [0.15, 0.2) is 12.4 Å². The molecule has 7 N–H and O–H groups in total. The Morgan fingerprint density at radius 2 is 1.29 bits per heavy atom. The predicted octanol–water partition coefficient (Wildman–Crippen LogP) is 7.86. The summed E-state index contributed by atoms with van der Waals surface area (Å²) in [4.78, 5) is 53.0. The maximum Gasteiger partial charge on any atom is 0.472 e. The number of aliphatic hydroxyl groups excluding tert-OH is 4. The van der Waals surface area contributed by atoms with Crippen molar-refractivity contribution in [2.24, 2.45) is 11.8 Å². The van der Waals surface area contributed by atoms with E-state index in [1.165, 1.54) is 51.4 Å². The first-order valence-corrected chi connectivity index (χ1v) is 26.3. The van der Waals surface area contributed by atoms with E-state index in [4.69, 9.17) is 28.5 Å². The van der Waals surface area contributed by atoms with Gasteiger partial charge < -0.3 is 49.3 Å². The third-order valence-corrected chi connectivity index (χ3v) is 12.0. The molecule has 0 spiro atoms. The van der Waals surface area contributed by atoms with Gasteiger partial charge in [-0.15, -0.1) is 0 Å². The van der Waals surface area contributed by atoms with E-state index in [0.29, 0.717) is 32.1 Å². The Bertz CT molecular complexity index is 1340. The number of hydrogen-bond acceptors (Lipinski definition) is 14. The van der Waals surface area contributed by atoms with Gasteiger partial charge in [-0.3, -0.25) is 23.2 Å². The highest BCUT2D eigenvalue weighted by Gasteiger charge is 2.35. The van der Waals surface area contributed by atoms with Crippen LogP contribution in [0.2, 0.25) is 0 Å². The minimum absolute atomic E-state index is 0.00310. The Hall–Kier alpha value is -1.56. The molecule has 2 unspecified atom stereocenters. The number of esters is 2. The van der Waals surface area contributed by atoms with Crippen molar-refractivity contribution in [1.29, 1.82) is 0 Å². The number of hydrogen-bond donors (Lipinski definition) is 7. The molecule has 0 aliphatic carbocycles. The molecule has 370 valence electrons. The van der Waals surface area contributed by atoms with Gasteiger partial charge in [0.05, 0.1) is 38.1 Å². The van der Waals surface area contributed by atoms with Crippen molar-refractivity contribution in [3.05, 3.63) is 24.3 Å². The normalized spacial score (nSPS) is 20.9. The Kier molecular flexibility index (Phi) is 33.6. The smallest absolute Gasteiger partial charge is 0.462 e. The van der Waals surface area contributed by atoms with Gasteiger partial charge in [0.1, 0.15) is 12.7 Å². The van der Waals surface area contributed by atoms with E-state index >= 15 is 0 Å². The zero-order chi connectivity index (χ0) is 46.9. The van der Waals surface area contributed by atoms with Gasteiger partial charge in [-0.25, -0.2) is 9.13 Å². The third kappa shape index (κ3) is 34.4. The summed E-state index contributed by atoms with van der Waals surface area (Å²) in [6.07, 6.45) is 20.8. The molecule has 1 aliphatic heterocycles. The molecular formula is C44H82O17P2. The van der Waals surface area contributed by atoms with E-state index in [0.717, 1.165) is 50.9 Å². The second-order valence-electron chi connectivity index (χ2n) is 17.0. The van der Waals surface area contributed by atoms with Crippen molar-refractivity contribution < 1.29 is 81.6 Å². The van der Waals surface area contributed by atoms with Crippen LogP contribution in [-0.2, 0) is 46.5 Å². The van der Waals surface area contributed by atoms with E-state index < -0.39 is 90.8 Å². The van der Waals surface area contributed by atoms with Crippen LogP contribution in [0.5, 0.6) is 0 Å². The molecule has 0 radical (unpaired) electrons. The van der Waals surface area contributed by atoms with Crippen LogP contribution in [0, 0.1) is 11.8 Å². The van der Waals surface area contributed by atoms with Gasteiger partial charge in [-0.1, -0.05) is 141 Å². The van der Waals surface area contributed by atoms with Gasteiger partial charge in [0, 0.05) is 25.2 Å². The molecule has 8 atom stereocenters. The molecule has 1 aliphatic rings. The van der Waals surface area contributed by atoms with Crippen molar-refractivity contribution in [3.63, 3.8) is 0 Å². The maximum atomic E-state index is 12.7. The van der Waals surface area contributed by atoms with E-state index in [1.807, 2.05) is 12.2 Å². The van der Waals surface area contributed by atoms with Crippen molar-refractivity contribution in [1.82, 2.24) is 0 Å². The molecule has 0 amide bonds. The second-order valence-corrected chi connectivity index (χ2v) is 19.7. The van der Waals surface area contributed by atoms with Gasteiger partial charge in [0.25, 0.3) is 0 Å². The lowest BCUT2D eigenvalue weighted by Gasteiger charge is -2.36. The first-order chi connectivity index (χ1) is 29.9. The highest BCUT2D eigenvalue weighted by Crippen LogP contribution is 2.44. The highest BCUT2D eigenvalue weighted by atomic mass is 31.2. The van der Waals surface area contributed by atoms with Crippen LogP contribution in [0.3, 0.4) is 0 Å². The van der Waals surface area contributed by atoms with Gasteiger partial charge >= 0.3 is 27.6 Å². The zero-order valence-corrected chi connectivity index (χ0v) is 39.9. The summed E-state index contributed by atoms with van der Waals surface area (Å²) < 4.78 is 53.5. The number of phosphoric ester groups is 2. The Morgan fingerprint density at radius 3 is 1.90 bits per heavy atom. The lowest BCUT2D eigenvalue weighted by molar-refractivity contribution is -0.199. The summed E-state index contributed by atoms with van der Waals surface area (Å²) in [5.41, 5.74) is 0. The molecule has 0 aromatic carbocycles. The van der Waals surface area contributed by atoms with Crippen LogP contribution in [0.1, 0.15) is 168 Å². The summed E-state index contributed by atoms with van der Waals surface area (Å²) in [5.74, 6) is -0.798. The molecule has 0 saturated carbocycles. The lowest BCUT2D eigenvalue weighted by atomic mass is 9.87. The molecule has 1 saturated heterocycles. The Balaban J connectivity index is 2.57. The fraction of sp³-hybridized carbons (Fsp3) is 0.864. The van der Waals surface area contributed by atoms with Gasteiger partial charge in [0.2, 0.25) is 0 Å². The second kappa shape index (κ2) is 35.6. The molecule has 1 fully saturated rings. The van der Waals surface area contributed by atoms with E-state index in [9.17, 15) is 44.0 Å². The Morgan fingerprint density at radius 1 is 0.714 bits per heavy atom. The number of aliphatic hydroxyl groups is 4. The number of unbranched alkanes of at least 4 members (excludes halogenated alkanes) is 14. The number of carbonyl (C=O) groups is 2. The summed E-state index contributed by atoms with van der Waals surface area (Å²) in [6, 6.07) is 0. The molecule has 63 heavy (non-hydrogen) atoms. The van der Waals surface area contributed by atoms with Crippen molar-refractivity contribution >= 4 is 27.6 Å². The van der Waals surface area contributed by atoms with Gasteiger partial charge in [-0.05, 0) is 38.0 Å². The first-order valence-electron chi connectivity index (χ1n) is 23.3. The van der Waals surface area contributed by atoms with Crippen LogP contribution in [-0.4, -0.2) is 110 Å². The third-order valence-electron chi connectivity index (χ3n) is 10.6. The Labute approximate surface area is 376 Å². The standard InChI is InChI=1S/C44H82O17P2/c1-4-5-18-24-36(45)28-29-41-39(40(47)30-44(50)61-41)25-20-16-17-21-26-42(48)56-33-38(34-59-63(54,55)58-32-37(46)31-57-62(51,52)53)60-43(49)27-22-15-13-11-9-7-6-8-10-12-14-19-23-35(2)3/h16,20,28-29,35-41,44-47,50H,4-15,17-19,21-27,30-34H2,1-3H3,(H,54,55)(H2,51,52,53)/b20-16-,29-28+/t36-,37-,38+,39-,40-,41+,44?/m0/s1. The number of allylic oxidation sites excluding steroid dienone is 2. The van der Waals surface area contributed by atoms with Crippen molar-refractivity contribution in [2.45, 2.75) is 205 Å². The van der Waals surface area contributed by atoms with Crippen LogP contribution < -0.4 is 0 Å². The van der Waals surface area contributed by atoms with Crippen molar-refractivity contribution in [2.75, 3.05) is 26.4 Å². The summed E-state index contributed by atoms with van der Waals surface area (Å²) in [7, 11) is -9.77. The van der Waals surface area contributed by atoms with E-state index in [-0.39, 0.29) is 25.2 Å². The maximum absolute atomic E-state index is 12.7. The van der Waals surface area contributed by atoms with Crippen LogP contribution >= 0.6 is 15.6 Å². The molecule has 17 nitrogen and oxygen atoms in total. The molecule has 1 heterocycles. The number of ether oxygens (including phenoxy) is 3. The quantitative estimate of drug-likeness (QED) is 0.0134. The fourth-order valence-corrected chi connectivity index (χ4v) is 8.08. The van der Waals surface area contributed by atoms with E-state index in [1.54, 1.807) is 12.2 Å². The SMILES string of the molecule is CCCCC[C@H](O)/C=C/[C@H]1OC(O)C[C@H](O)[C@@H]1C/C=C\CCCC(=O)OC[C@H](COP(=O)(O)OC[C@@H](O)COP(=O)(O)O)OC(=O)CCCCCCCCCCCCCCC(C)C. The van der Waals surface area contributed by atoms with E-state index in [2.05, 4.69) is 29.8 Å². The molecule has 0 bridgehead atoms. The topological polar surface area (TPSA) is 265 Å².